The van der Waals surface area contributed by atoms with Crippen molar-refractivity contribution >= 4 is 46.8 Å². The SMILES string of the molecule is C[C@]12CCC(=O)N1[C@@H](C(=O)OCC(=O)Nc1cc(Cl)ccc1C#N)CS2. The van der Waals surface area contributed by atoms with Crippen LogP contribution in [0.5, 0.6) is 0 Å². The summed E-state index contributed by atoms with van der Waals surface area (Å²) < 4.78 is 5.09. The van der Waals surface area contributed by atoms with E-state index in [0.717, 1.165) is 0 Å². The third kappa shape index (κ3) is 3.50. The second-order valence-electron chi connectivity index (χ2n) is 6.22. The van der Waals surface area contributed by atoms with Gasteiger partial charge in [0.1, 0.15) is 12.1 Å². The second kappa shape index (κ2) is 7.17. The Kier molecular flexibility index (Phi) is 5.12. The fraction of sp³-hybridized carbons (Fsp3) is 0.412. The summed E-state index contributed by atoms with van der Waals surface area (Å²) in [5.74, 6) is -0.798. The Morgan fingerprint density at radius 2 is 2.31 bits per heavy atom. The van der Waals surface area contributed by atoms with E-state index in [9.17, 15) is 14.4 Å². The Morgan fingerprint density at radius 1 is 1.54 bits per heavy atom. The van der Waals surface area contributed by atoms with Crippen molar-refractivity contribution in [2.45, 2.75) is 30.7 Å². The van der Waals surface area contributed by atoms with Crippen LogP contribution in [0, 0.1) is 11.3 Å². The minimum Gasteiger partial charge on any atom is -0.454 e. The van der Waals surface area contributed by atoms with Crippen molar-refractivity contribution in [3.63, 3.8) is 0 Å². The average Bonchev–Trinajstić information content (AvgIpc) is 3.09. The molecule has 2 aliphatic rings. The van der Waals surface area contributed by atoms with Crippen LogP contribution in [0.25, 0.3) is 0 Å². The summed E-state index contributed by atoms with van der Waals surface area (Å²) in [6.07, 6.45) is 1.12. The Labute approximate surface area is 159 Å². The molecule has 3 rings (SSSR count). The van der Waals surface area contributed by atoms with Gasteiger partial charge in [0.05, 0.1) is 16.1 Å². The van der Waals surface area contributed by atoms with Crippen LogP contribution >= 0.6 is 23.4 Å². The summed E-state index contributed by atoms with van der Waals surface area (Å²) in [6, 6.07) is 5.74. The first-order chi connectivity index (χ1) is 12.3. The van der Waals surface area contributed by atoms with E-state index in [4.69, 9.17) is 21.6 Å². The number of halogens is 1. The molecule has 1 N–H and O–H groups in total. The zero-order chi connectivity index (χ0) is 18.9. The van der Waals surface area contributed by atoms with Gasteiger partial charge in [-0.1, -0.05) is 11.6 Å². The number of carbonyl (C=O) groups is 3. The highest BCUT2D eigenvalue weighted by Gasteiger charge is 2.53. The maximum atomic E-state index is 12.3. The molecule has 0 aliphatic carbocycles. The zero-order valence-electron chi connectivity index (χ0n) is 14.0. The second-order valence-corrected chi connectivity index (χ2v) is 8.16. The lowest BCUT2D eigenvalue weighted by Crippen LogP contribution is -2.47. The molecule has 0 bridgehead atoms. The van der Waals surface area contributed by atoms with E-state index in [1.165, 1.54) is 18.2 Å². The molecule has 2 heterocycles. The van der Waals surface area contributed by atoms with Crippen molar-refractivity contribution < 1.29 is 19.1 Å². The number of ether oxygens (including phenoxy) is 1. The van der Waals surface area contributed by atoms with Gasteiger partial charge in [0.25, 0.3) is 5.91 Å². The van der Waals surface area contributed by atoms with Crippen molar-refractivity contribution in [2.75, 3.05) is 17.7 Å². The molecule has 2 atom stereocenters. The van der Waals surface area contributed by atoms with E-state index in [1.54, 1.807) is 16.7 Å². The van der Waals surface area contributed by atoms with Crippen molar-refractivity contribution in [3.8, 4) is 6.07 Å². The van der Waals surface area contributed by atoms with Crippen molar-refractivity contribution in [2.24, 2.45) is 0 Å². The maximum absolute atomic E-state index is 12.3. The Balaban J connectivity index is 1.59. The number of hydrogen-bond donors (Lipinski definition) is 1. The normalized spacial score (nSPS) is 24.1. The molecule has 2 fully saturated rings. The lowest BCUT2D eigenvalue weighted by molar-refractivity contribution is -0.155. The molecule has 2 aliphatic heterocycles. The van der Waals surface area contributed by atoms with E-state index >= 15 is 0 Å². The minimum absolute atomic E-state index is 0.0681. The summed E-state index contributed by atoms with van der Waals surface area (Å²) in [5, 5.41) is 11.9. The number of esters is 1. The number of nitrogens with one attached hydrogen (secondary N) is 1. The number of nitriles is 1. The van der Waals surface area contributed by atoms with Crippen LogP contribution in [-0.2, 0) is 19.1 Å². The Bertz CT molecular complexity index is 825. The first kappa shape index (κ1) is 18.5. The molecule has 26 heavy (non-hydrogen) atoms. The van der Waals surface area contributed by atoms with E-state index in [2.05, 4.69) is 5.32 Å². The Morgan fingerprint density at radius 3 is 3.04 bits per heavy atom. The van der Waals surface area contributed by atoms with Gasteiger partial charge in [-0.3, -0.25) is 9.59 Å². The number of benzene rings is 1. The summed E-state index contributed by atoms with van der Waals surface area (Å²) in [7, 11) is 0. The molecule has 0 spiro atoms. The first-order valence-corrected chi connectivity index (χ1v) is 9.33. The number of nitrogens with zero attached hydrogens (tertiary/aromatic N) is 2. The molecule has 0 unspecified atom stereocenters. The van der Waals surface area contributed by atoms with Gasteiger partial charge in [-0.25, -0.2) is 4.79 Å². The highest BCUT2D eigenvalue weighted by Crippen LogP contribution is 2.47. The fourth-order valence-electron chi connectivity index (χ4n) is 3.13. The van der Waals surface area contributed by atoms with Gasteiger partial charge in [-0.2, -0.15) is 5.26 Å². The van der Waals surface area contributed by atoms with Crippen LogP contribution in [0.2, 0.25) is 5.02 Å². The molecule has 0 saturated carbocycles. The highest BCUT2D eigenvalue weighted by molar-refractivity contribution is 8.01. The van der Waals surface area contributed by atoms with Crippen molar-refractivity contribution in [1.29, 1.82) is 5.26 Å². The lowest BCUT2D eigenvalue weighted by Gasteiger charge is -2.29. The molecule has 0 aromatic heterocycles. The molecule has 136 valence electrons. The third-order valence-corrected chi connectivity index (χ3v) is 6.18. The van der Waals surface area contributed by atoms with Crippen LogP contribution < -0.4 is 5.32 Å². The molecule has 1 aromatic carbocycles. The number of fused-ring (bicyclic) bond motifs is 1. The Hall–Kier alpha value is -2.24. The van der Waals surface area contributed by atoms with Crippen molar-refractivity contribution in [3.05, 3.63) is 28.8 Å². The summed E-state index contributed by atoms with van der Waals surface area (Å²) in [4.78, 5) is 37.6. The zero-order valence-corrected chi connectivity index (χ0v) is 15.5. The fourth-order valence-corrected chi connectivity index (χ4v) is 4.72. The van der Waals surface area contributed by atoms with E-state index in [1.807, 2.05) is 13.0 Å². The first-order valence-electron chi connectivity index (χ1n) is 7.96. The number of rotatable bonds is 4. The monoisotopic (exact) mass is 393 g/mol. The molecule has 2 saturated heterocycles. The van der Waals surface area contributed by atoms with Crippen LogP contribution in [0.15, 0.2) is 18.2 Å². The van der Waals surface area contributed by atoms with Crippen LogP contribution in [0.4, 0.5) is 5.69 Å². The van der Waals surface area contributed by atoms with E-state index < -0.39 is 24.5 Å². The highest BCUT2D eigenvalue weighted by atomic mass is 35.5. The minimum atomic E-state index is -0.673. The van der Waals surface area contributed by atoms with E-state index in [-0.39, 0.29) is 22.0 Å². The largest absolute Gasteiger partial charge is 0.454 e. The van der Waals surface area contributed by atoms with E-state index in [0.29, 0.717) is 23.6 Å². The van der Waals surface area contributed by atoms with Crippen molar-refractivity contribution in [1.82, 2.24) is 4.90 Å². The number of anilines is 1. The van der Waals surface area contributed by atoms with Crippen LogP contribution in [0.3, 0.4) is 0 Å². The number of thioether (sulfide) groups is 1. The number of hydrogen-bond acceptors (Lipinski definition) is 6. The maximum Gasteiger partial charge on any atom is 0.330 e. The van der Waals surface area contributed by atoms with Gasteiger partial charge in [0.2, 0.25) is 5.91 Å². The lowest BCUT2D eigenvalue weighted by atomic mass is 10.2. The predicted octanol–water partition coefficient (Wildman–Crippen LogP) is 2.15. The number of amides is 2. The van der Waals surface area contributed by atoms with Gasteiger partial charge in [-0.15, -0.1) is 11.8 Å². The summed E-state index contributed by atoms with van der Waals surface area (Å²) in [6.45, 7) is 1.43. The van der Waals surface area contributed by atoms with Gasteiger partial charge in [0.15, 0.2) is 6.61 Å². The molecular weight excluding hydrogens is 378 g/mol. The van der Waals surface area contributed by atoms with Gasteiger partial charge in [-0.05, 0) is 31.5 Å². The quantitative estimate of drug-likeness (QED) is 0.787. The average molecular weight is 394 g/mol. The standard InChI is InChI=1S/C17H16ClN3O4S/c1-17-5-4-15(23)21(17)13(9-26-17)16(24)25-8-14(22)20-12-6-11(18)3-2-10(12)7-19/h2-3,6,13H,4-5,8-9H2,1H3,(H,20,22)/t13-,17+/m1/s1. The molecule has 7 nitrogen and oxygen atoms in total. The smallest absolute Gasteiger partial charge is 0.330 e. The topological polar surface area (TPSA) is 99.5 Å². The molecule has 9 heteroatoms. The van der Waals surface area contributed by atoms with Gasteiger partial charge >= 0.3 is 5.97 Å². The van der Waals surface area contributed by atoms with Gasteiger partial charge in [0, 0.05) is 17.2 Å². The third-order valence-electron chi connectivity index (χ3n) is 4.44. The van der Waals surface area contributed by atoms with Gasteiger partial charge < -0.3 is 15.0 Å². The van der Waals surface area contributed by atoms with Crippen LogP contribution in [0.1, 0.15) is 25.3 Å². The number of carbonyl (C=O) groups excluding carboxylic acids is 3. The molecule has 2 amide bonds. The molecule has 1 aromatic rings. The summed E-state index contributed by atoms with van der Waals surface area (Å²) in [5.41, 5.74) is 0.500. The summed E-state index contributed by atoms with van der Waals surface area (Å²) >= 11 is 7.42. The van der Waals surface area contributed by atoms with Crippen LogP contribution in [-0.4, -0.2) is 46.0 Å². The molecular formula is C17H16ClN3O4S. The predicted molar refractivity (Wildman–Crippen MR) is 96.5 cm³/mol. The molecule has 0 radical (unpaired) electrons.